The Balaban J connectivity index is 2.46. The van der Waals surface area contributed by atoms with Crippen LogP contribution in [0.2, 0.25) is 0 Å². The van der Waals surface area contributed by atoms with Crippen molar-refractivity contribution in [3.05, 3.63) is 30.1 Å². The summed E-state index contributed by atoms with van der Waals surface area (Å²) in [5.41, 5.74) is 6.44. The first-order valence-corrected chi connectivity index (χ1v) is 5.99. The Morgan fingerprint density at radius 1 is 1.39 bits per heavy atom. The van der Waals surface area contributed by atoms with E-state index >= 15 is 0 Å². The van der Waals surface area contributed by atoms with E-state index < -0.39 is 0 Å². The van der Waals surface area contributed by atoms with Gasteiger partial charge in [0.05, 0.1) is 0 Å². The molecule has 0 aromatic heterocycles. The lowest BCUT2D eigenvalue weighted by molar-refractivity contribution is -0.119. The molecule has 5 heteroatoms. The van der Waals surface area contributed by atoms with E-state index in [0.29, 0.717) is 18.7 Å². The van der Waals surface area contributed by atoms with Gasteiger partial charge in [0.25, 0.3) is 0 Å². The second kappa shape index (κ2) is 7.08. The molecule has 100 valence electrons. The predicted molar refractivity (Wildman–Crippen MR) is 70.7 cm³/mol. The van der Waals surface area contributed by atoms with Gasteiger partial charge in [-0.2, -0.15) is 0 Å². The molecule has 0 aliphatic carbocycles. The molecule has 0 saturated heterocycles. The number of carbonyl (C=O) groups excluding carboxylic acids is 1. The summed E-state index contributed by atoms with van der Waals surface area (Å²) in [4.78, 5) is 11.9. The monoisotopic (exact) mass is 253 g/mol. The highest BCUT2D eigenvalue weighted by molar-refractivity contribution is 5.92. The van der Waals surface area contributed by atoms with Gasteiger partial charge in [-0.3, -0.25) is 4.79 Å². The zero-order chi connectivity index (χ0) is 13.5. The molecule has 0 heterocycles. The summed E-state index contributed by atoms with van der Waals surface area (Å²) in [6.07, 6.45) is 0.605. The standard InChI is InChI=1S/C13H20FN3O/c1-9(7-11(15)8-16-2)13(18)17-12-5-3-10(14)4-6-12/h3-6,9,11,16H,7-8,15H2,1-2H3,(H,17,18). The lowest BCUT2D eigenvalue weighted by atomic mass is 10.0. The lowest BCUT2D eigenvalue weighted by Crippen LogP contribution is -2.36. The van der Waals surface area contributed by atoms with E-state index in [0.717, 1.165) is 0 Å². The summed E-state index contributed by atoms with van der Waals surface area (Å²) in [5.74, 6) is -0.608. The average molecular weight is 253 g/mol. The van der Waals surface area contributed by atoms with Crippen molar-refractivity contribution in [3.8, 4) is 0 Å². The summed E-state index contributed by atoms with van der Waals surface area (Å²) < 4.78 is 12.7. The zero-order valence-electron chi connectivity index (χ0n) is 10.7. The Kier molecular flexibility index (Phi) is 5.74. The molecule has 2 atom stereocenters. The van der Waals surface area contributed by atoms with Crippen LogP contribution in [0.1, 0.15) is 13.3 Å². The number of hydrogen-bond acceptors (Lipinski definition) is 3. The summed E-state index contributed by atoms with van der Waals surface area (Å²) >= 11 is 0. The highest BCUT2D eigenvalue weighted by atomic mass is 19.1. The van der Waals surface area contributed by atoms with Gasteiger partial charge in [-0.25, -0.2) is 4.39 Å². The van der Waals surface area contributed by atoms with Crippen LogP contribution < -0.4 is 16.4 Å². The first-order chi connectivity index (χ1) is 8.52. The molecule has 4 N–H and O–H groups in total. The topological polar surface area (TPSA) is 67.1 Å². The van der Waals surface area contributed by atoms with Gasteiger partial charge in [-0.05, 0) is 37.7 Å². The van der Waals surface area contributed by atoms with Crippen LogP contribution in [-0.2, 0) is 4.79 Å². The number of nitrogens with two attached hydrogens (primary N) is 1. The number of carbonyl (C=O) groups is 1. The molecular formula is C13H20FN3O. The van der Waals surface area contributed by atoms with Crippen LogP contribution in [-0.4, -0.2) is 25.5 Å². The molecule has 18 heavy (non-hydrogen) atoms. The number of benzene rings is 1. The van der Waals surface area contributed by atoms with Crippen LogP contribution in [0.25, 0.3) is 0 Å². The van der Waals surface area contributed by atoms with Crippen molar-refractivity contribution >= 4 is 11.6 Å². The molecule has 0 fully saturated rings. The first-order valence-electron chi connectivity index (χ1n) is 5.99. The number of amides is 1. The fourth-order valence-electron chi connectivity index (χ4n) is 1.71. The van der Waals surface area contributed by atoms with Gasteiger partial charge in [-0.1, -0.05) is 6.92 Å². The van der Waals surface area contributed by atoms with Crippen molar-refractivity contribution in [2.45, 2.75) is 19.4 Å². The average Bonchev–Trinajstić information content (AvgIpc) is 2.32. The van der Waals surface area contributed by atoms with Gasteiger partial charge in [0.2, 0.25) is 5.91 Å². The number of anilines is 1. The minimum atomic E-state index is -0.322. The molecule has 0 spiro atoms. The van der Waals surface area contributed by atoms with Crippen molar-refractivity contribution in [3.63, 3.8) is 0 Å². The van der Waals surface area contributed by atoms with Crippen molar-refractivity contribution in [1.29, 1.82) is 0 Å². The highest BCUT2D eigenvalue weighted by Gasteiger charge is 2.16. The number of nitrogens with one attached hydrogen (secondary N) is 2. The molecule has 0 radical (unpaired) electrons. The second-order valence-electron chi connectivity index (χ2n) is 4.45. The molecule has 1 aromatic rings. The molecule has 4 nitrogen and oxygen atoms in total. The predicted octanol–water partition coefficient (Wildman–Crippen LogP) is 1.34. The van der Waals surface area contributed by atoms with E-state index in [4.69, 9.17) is 5.73 Å². The fourth-order valence-corrected chi connectivity index (χ4v) is 1.71. The number of rotatable bonds is 6. The van der Waals surface area contributed by atoms with Crippen LogP contribution in [0.3, 0.4) is 0 Å². The van der Waals surface area contributed by atoms with E-state index in [-0.39, 0.29) is 23.7 Å². The summed E-state index contributed by atoms with van der Waals surface area (Å²) in [7, 11) is 1.82. The van der Waals surface area contributed by atoms with Crippen LogP contribution in [0, 0.1) is 11.7 Å². The number of hydrogen-bond donors (Lipinski definition) is 3. The second-order valence-corrected chi connectivity index (χ2v) is 4.45. The Hall–Kier alpha value is -1.46. The number of halogens is 1. The zero-order valence-corrected chi connectivity index (χ0v) is 10.7. The maximum absolute atomic E-state index is 12.7. The molecular weight excluding hydrogens is 233 g/mol. The number of likely N-dealkylation sites (N-methyl/N-ethyl adjacent to an activating group) is 1. The quantitative estimate of drug-likeness (QED) is 0.716. The Bertz CT molecular complexity index is 380. The lowest BCUT2D eigenvalue weighted by Gasteiger charge is -2.16. The van der Waals surface area contributed by atoms with E-state index in [9.17, 15) is 9.18 Å². The summed E-state index contributed by atoms with van der Waals surface area (Å²) in [6.45, 7) is 2.50. The van der Waals surface area contributed by atoms with Crippen LogP contribution in [0.4, 0.5) is 10.1 Å². The summed E-state index contributed by atoms with van der Waals surface area (Å²) in [6, 6.07) is 5.64. The third kappa shape index (κ3) is 4.81. The molecule has 0 saturated carbocycles. The van der Waals surface area contributed by atoms with Crippen LogP contribution in [0.15, 0.2) is 24.3 Å². The van der Waals surface area contributed by atoms with Gasteiger partial charge < -0.3 is 16.4 Å². The van der Waals surface area contributed by atoms with Gasteiger partial charge in [0.15, 0.2) is 0 Å². The molecule has 0 aliphatic rings. The van der Waals surface area contributed by atoms with E-state index in [1.807, 2.05) is 14.0 Å². The van der Waals surface area contributed by atoms with E-state index in [2.05, 4.69) is 10.6 Å². The van der Waals surface area contributed by atoms with Crippen molar-refractivity contribution in [2.24, 2.45) is 11.7 Å². The van der Waals surface area contributed by atoms with E-state index in [1.165, 1.54) is 24.3 Å². The third-order valence-corrected chi connectivity index (χ3v) is 2.68. The molecule has 1 amide bonds. The summed E-state index contributed by atoms with van der Waals surface area (Å²) in [5, 5.41) is 5.70. The largest absolute Gasteiger partial charge is 0.327 e. The van der Waals surface area contributed by atoms with E-state index in [1.54, 1.807) is 0 Å². The van der Waals surface area contributed by atoms with Gasteiger partial charge in [-0.15, -0.1) is 0 Å². The Morgan fingerprint density at radius 2 is 2.00 bits per heavy atom. The Morgan fingerprint density at radius 3 is 2.56 bits per heavy atom. The normalized spacial score (nSPS) is 14.0. The van der Waals surface area contributed by atoms with Crippen LogP contribution in [0.5, 0.6) is 0 Å². The van der Waals surface area contributed by atoms with Gasteiger partial charge >= 0.3 is 0 Å². The van der Waals surface area contributed by atoms with Crippen molar-refractivity contribution in [1.82, 2.24) is 5.32 Å². The molecule has 0 bridgehead atoms. The molecule has 2 unspecified atom stereocenters. The minimum Gasteiger partial charge on any atom is -0.327 e. The van der Waals surface area contributed by atoms with Gasteiger partial charge in [0, 0.05) is 24.2 Å². The fraction of sp³-hybridized carbons (Fsp3) is 0.462. The first kappa shape index (κ1) is 14.6. The Labute approximate surface area is 107 Å². The van der Waals surface area contributed by atoms with Crippen molar-refractivity contribution in [2.75, 3.05) is 18.9 Å². The maximum atomic E-state index is 12.7. The minimum absolute atomic E-state index is 0.0519. The van der Waals surface area contributed by atoms with Crippen molar-refractivity contribution < 1.29 is 9.18 Å². The molecule has 1 rings (SSSR count). The molecule has 1 aromatic carbocycles. The highest BCUT2D eigenvalue weighted by Crippen LogP contribution is 2.12. The molecule has 0 aliphatic heterocycles. The van der Waals surface area contributed by atoms with Crippen LogP contribution >= 0.6 is 0 Å². The smallest absolute Gasteiger partial charge is 0.227 e. The van der Waals surface area contributed by atoms with Gasteiger partial charge in [0.1, 0.15) is 5.82 Å². The third-order valence-electron chi connectivity index (χ3n) is 2.68. The SMILES string of the molecule is CNCC(N)CC(C)C(=O)Nc1ccc(F)cc1. The maximum Gasteiger partial charge on any atom is 0.227 e.